The Kier molecular flexibility index (Phi) is 4.02. The molecule has 4 heteroatoms. The maximum Gasteiger partial charge on any atom is 0.119 e. The predicted octanol–water partition coefficient (Wildman–Crippen LogP) is 5.15. The average Bonchev–Trinajstić information content (AvgIpc) is 3.57. The van der Waals surface area contributed by atoms with Gasteiger partial charge in [0.1, 0.15) is 12.1 Å². The van der Waals surface area contributed by atoms with Gasteiger partial charge in [0.25, 0.3) is 0 Å². The van der Waals surface area contributed by atoms with Gasteiger partial charge in [-0.3, -0.25) is 4.98 Å². The molecule has 4 nitrogen and oxygen atoms in total. The highest BCUT2D eigenvalue weighted by Crippen LogP contribution is 2.34. The van der Waals surface area contributed by atoms with E-state index >= 15 is 0 Å². The van der Waals surface area contributed by atoms with Crippen LogP contribution in [0.15, 0.2) is 73.3 Å². The molecule has 0 unspecified atom stereocenters. The first-order valence-corrected chi connectivity index (χ1v) is 9.25. The molecule has 1 aliphatic carbocycles. The van der Waals surface area contributed by atoms with Crippen molar-refractivity contribution in [3.63, 3.8) is 0 Å². The van der Waals surface area contributed by atoms with Gasteiger partial charge in [0.05, 0.1) is 17.8 Å². The maximum absolute atomic E-state index is 5.95. The lowest BCUT2D eigenvalue weighted by molar-refractivity contribution is 0.300. The third-order valence-corrected chi connectivity index (χ3v) is 4.91. The van der Waals surface area contributed by atoms with Crippen LogP contribution in [0.25, 0.3) is 33.3 Å². The number of nitrogens with zero attached hydrogens (tertiary/aromatic N) is 3. The van der Waals surface area contributed by atoms with Crippen molar-refractivity contribution in [1.82, 2.24) is 15.0 Å². The second-order valence-electron chi connectivity index (χ2n) is 6.98. The van der Waals surface area contributed by atoms with Crippen LogP contribution < -0.4 is 4.74 Å². The Morgan fingerprint density at radius 3 is 2.81 bits per heavy atom. The number of ether oxygens (including phenoxy) is 1. The molecule has 1 saturated carbocycles. The Balaban J connectivity index is 1.54. The van der Waals surface area contributed by atoms with E-state index in [1.807, 2.05) is 36.7 Å². The number of hydrogen-bond donors (Lipinski definition) is 0. The van der Waals surface area contributed by atoms with Crippen molar-refractivity contribution in [3.05, 3.63) is 73.3 Å². The molecule has 1 fully saturated rings. The number of pyridine rings is 1. The van der Waals surface area contributed by atoms with Crippen molar-refractivity contribution in [1.29, 1.82) is 0 Å². The van der Waals surface area contributed by atoms with E-state index in [2.05, 4.69) is 45.3 Å². The molecule has 0 saturated heterocycles. The number of hydrogen-bond acceptors (Lipinski definition) is 4. The first kappa shape index (κ1) is 15.9. The fourth-order valence-corrected chi connectivity index (χ4v) is 3.25. The van der Waals surface area contributed by atoms with Crippen molar-refractivity contribution in [2.75, 3.05) is 6.61 Å². The molecule has 132 valence electrons. The van der Waals surface area contributed by atoms with Crippen LogP contribution in [0.2, 0.25) is 0 Å². The van der Waals surface area contributed by atoms with Crippen molar-refractivity contribution < 1.29 is 4.74 Å². The lowest BCUT2D eigenvalue weighted by atomic mass is 9.98. The van der Waals surface area contributed by atoms with Gasteiger partial charge in [-0.25, -0.2) is 9.97 Å². The van der Waals surface area contributed by atoms with Gasteiger partial charge in [0, 0.05) is 28.9 Å². The smallest absolute Gasteiger partial charge is 0.119 e. The summed E-state index contributed by atoms with van der Waals surface area (Å²) in [7, 11) is 0. The quantitative estimate of drug-likeness (QED) is 0.498. The summed E-state index contributed by atoms with van der Waals surface area (Å²) >= 11 is 0. The van der Waals surface area contributed by atoms with Crippen molar-refractivity contribution >= 4 is 10.9 Å². The monoisotopic (exact) mass is 353 g/mol. The average molecular weight is 353 g/mol. The molecule has 2 heterocycles. The highest BCUT2D eigenvalue weighted by molar-refractivity contribution is 5.88. The summed E-state index contributed by atoms with van der Waals surface area (Å²) in [6.07, 6.45) is 7.82. The predicted molar refractivity (Wildman–Crippen MR) is 106 cm³/mol. The number of fused-ring (bicyclic) bond motifs is 1. The van der Waals surface area contributed by atoms with Crippen LogP contribution in [0, 0.1) is 5.92 Å². The second kappa shape index (κ2) is 6.80. The van der Waals surface area contributed by atoms with Crippen LogP contribution in [0.5, 0.6) is 5.75 Å². The molecule has 2 aromatic heterocycles. The standard InChI is InChI=1S/C23H19N3O/c1-3-18(12-20(4-1)27-14-16-6-7-16)23-21(5-2-10-25-23)17-8-9-22-19(11-17)13-24-15-26-22/h1-5,8-13,15-16H,6-7,14H2. The molecule has 0 radical (unpaired) electrons. The molecular weight excluding hydrogens is 334 g/mol. The molecule has 2 aromatic carbocycles. The summed E-state index contributed by atoms with van der Waals surface area (Å²) in [6, 6.07) is 18.5. The van der Waals surface area contributed by atoms with Crippen LogP contribution in [0.3, 0.4) is 0 Å². The van der Waals surface area contributed by atoms with E-state index in [1.54, 1.807) is 6.33 Å². The zero-order valence-electron chi connectivity index (χ0n) is 14.9. The summed E-state index contributed by atoms with van der Waals surface area (Å²) in [5.74, 6) is 1.64. The topological polar surface area (TPSA) is 47.9 Å². The van der Waals surface area contributed by atoms with Gasteiger partial charge < -0.3 is 4.74 Å². The van der Waals surface area contributed by atoms with Gasteiger partial charge in [-0.2, -0.15) is 0 Å². The molecule has 0 aliphatic heterocycles. The lowest BCUT2D eigenvalue weighted by Crippen LogP contribution is -1.99. The minimum absolute atomic E-state index is 0.735. The normalized spacial score (nSPS) is 13.6. The van der Waals surface area contributed by atoms with Crippen molar-refractivity contribution in [2.45, 2.75) is 12.8 Å². The van der Waals surface area contributed by atoms with Crippen molar-refractivity contribution in [3.8, 4) is 28.1 Å². The molecule has 27 heavy (non-hydrogen) atoms. The second-order valence-corrected chi connectivity index (χ2v) is 6.98. The van der Waals surface area contributed by atoms with Crippen LogP contribution in [-0.4, -0.2) is 21.6 Å². The number of benzene rings is 2. The number of aromatic nitrogens is 3. The molecule has 0 N–H and O–H groups in total. The van der Waals surface area contributed by atoms with Gasteiger partial charge in [-0.15, -0.1) is 0 Å². The first-order chi connectivity index (χ1) is 13.4. The van der Waals surface area contributed by atoms with Crippen LogP contribution >= 0.6 is 0 Å². The molecule has 5 rings (SSSR count). The third-order valence-electron chi connectivity index (χ3n) is 4.91. The summed E-state index contributed by atoms with van der Waals surface area (Å²) in [6.45, 7) is 0.809. The minimum Gasteiger partial charge on any atom is -0.493 e. The van der Waals surface area contributed by atoms with E-state index in [9.17, 15) is 0 Å². The van der Waals surface area contributed by atoms with E-state index in [4.69, 9.17) is 4.74 Å². The van der Waals surface area contributed by atoms with Gasteiger partial charge in [-0.05, 0) is 54.7 Å². The van der Waals surface area contributed by atoms with Crippen LogP contribution in [0.1, 0.15) is 12.8 Å². The Hall–Kier alpha value is -3.27. The van der Waals surface area contributed by atoms with Gasteiger partial charge in [-0.1, -0.05) is 24.3 Å². The van der Waals surface area contributed by atoms with E-state index < -0.39 is 0 Å². The summed E-state index contributed by atoms with van der Waals surface area (Å²) in [5, 5.41) is 1.02. The van der Waals surface area contributed by atoms with Gasteiger partial charge >= 0.3 is 0 Å². The van der Waals surface area contributed by atoms with E-state index in [-0.39, 0.29) is 0 Å². The molecule has 1 aliphatic rings. The largest absolute Gasteiger partial charge is 0.493 e. The lowest BCUT2D eigenvalue weighted by Gasteiger charge is -2.11. The Morgan fingerprint density at radius 1 is 0.926 bits per heavy atom. The third kappa shape index (κ3) is 3.38. The summed E-state index contributed by atoms with van der Waals surface area (Å²) < 4.78 is 5.95. The fraction of sp³-hybridized carbons (Fsp3) is 0.174. The minimum atomic E-state index is 0.735. The summed E-state index contributed by atoms with van der Waals surface area (Å²) in [5.41, 5.74) is 5.14. The van der Waals surface area contributed by atoms with E-state index in [0.29, 0.717) is 0 Å². The van der Waals surface area contributed by atoms with E-state index in [1.165, 1.54) is 12.8 Å². The molecule has 0 spiro atoms. The Labute approximate surface area is 157 Å². The highest BCUT2D eigenvalue weighted by atomic mass is 16.5. The van der Waals surface area contributed by atoms with Gasteiger partial charge in [0.15, 0.2) is 0 Å². The highest BCUT2D eigenvalue weighted by Gasteiger charge is 2.22. The molecule has 0 atom stereocenters. The number of rotatable bonds is 5. The molecule has 0 bridgehead atoms. The van der Waals surface area contributed by atoms with Crippen LogP contribution in [-0.2, 0) is 0 Å². The SMILES string of the molecule is c1cc(OCC2CC2)cc(-c2ncccc2-c2ccc3ncncc3c2)c1. The Morgan fingerprint density at radius 2 is 1.89 bits per heavy atom. The molecule has 4 aromatic rings. The van der Waals surface area contributed by atoms with E-state index in [0.717, 1.165) is 51.6 Å². The Bertz CT molecular complexity index is 1110. The fourth-order valence-electron chi connectivity index (χ4n) is 3.25. The zero-order chi connectivity index (χ0) is 18.1. The summed E-state index contributed by atoms with van der Waals surface area (Å²) in [4.78, 5) is 13.1. The first-order valence-electron chi connectivity index (χ1n) is 9.25. The van der Waals surface area contributed by atoms with Gasteiger partial charge in [0.2, 0.25) is 0 Å². The molecule has 0 amide bonds. The molecular formula is C23H19N3O. The van der Waals surface area contributed by atoms with Crippen molar-refractivity contribution in [2.24, 2.45) is 5.92 Å². The zero-order valence-corrected chi connectivity index (χ0v) is 14.9. The van der Waals surface area contributed by atoms with Crippen LogP contribution in [0.4, 0.5) is 0 Å². The maximum atomic E-state index is 5.95.